The highest BCUT2D eigenvalue weighted by molar-refractivity contribution is 7.94. The molecule has 3 heterocycles. The number of aromatic nitrogens is 2. The fourth-order valence-corrected chi connectivity index (χ4v) is 7.30. The zero-order valence-electron chi connectivity index (χ0n) is 17.2. The molecule has 2 fully saturated rings. The minimum absolute atomic E-state index is 0.0951. The van der Waals surface area contributed by atoms with E-state index in [1.165, 1.54) is 22.5 Å². The van der Waals surface area contributed by atoms with Crippen molar-refractivity contribution >= 4 is 37.6 Å². The molecule has 2 aromatic rings. The molecule has 0 radical (unpaired) electrons. The number of anilines is 2. The first-order chi connectivity index (χ1) is 14.6. The van der Waals surface area contributed by atoms with E-state index >= 15 is 0 Å². The average Bonchev–Trinajstić information content (AvgIpc) is 2.95. The SMILES string of the molecule is Cc1cc(N2C(=O)C(C)CS2(=O)=O)ccc1S(=O)(=O)N1CCN(c2ncccn2)CC1. The highest BCUT2D eigenvalue weighted by atomic mass is 32.2. The van der Waals surface area contributed by atoms with E-state index < -0.39 is 31.9 Å². The summed E-state index contributed by atoms with van der Waals surface area (Å²) < 4.78 is 53.3. The van der Waals surface area contributed by atoms with E-state index in [1.807, 2.05) is 4.90 Å². The van der Waals surface area contributed by atoms with Gasteiger partial charge in [0.2, 0.25) is 31.9 Å². The molecule has 0 saturated carbocycles. The van der Waals surface area contributed by atoms with Gasteiger partial charge in [0.25, 0.3) is 0 Å². The van der Waals surface area contributed by atoms with Gasteiger partial charge in [-0.1, -0.05) is 6.92 Å². The minimum atomic E-state index is -3.78. The number of nitrogens with zero attached hydrogens (tertiary/aromatic N) is 5. The molecule has 0 N–H and O–H groups in total. The molecule has 1 amide bonds. The number of rotatable bonds is 4. The molecule has 1 aromatic carbocycles. The van der Waals surface area contributed by atoms with E-state index in [4.69, 9.17) is 0 Å². The first-order valence-electron chi connectivity index (χ1n) is 9.81. The molecular weight excluding hydrogens is 442 g/mol. The van der Waals surface area contributed by atoms with Crippen LogP contribution >= 0.6 is 0 Å². The summed E-state index contributed by atoms with van der Waals surface area (Å²) in [4.78, 5) is 22.7. The Balaban J connectivity index is 1.55. The number of aryl methyl sites for hydroxylation is 1. The van der Waals surface area contributed by atoms with Gasteiger partial charge in [0.05, 0.1) is 22.3 Å². The quantitative estimate of drug-likeness (QED) is 0.644. The smallest absolute Gasteiger partial charge is 0.244 e. The molecule has 166 valence electrons. The van der Waals surface area contributed by atoms with Crippen molar-refractivity contribution in [2.24, 2.45) is 5.92 Å². The van der Waals surface area contributed by atoms with Crippen LogP contribution in [0, 0.1) is 12.8 Å². The highest BCUT2D eigenvalue weighted by Gasteiger charge is 2.42. The summed E-state index contributed by atoms with van der Waals surface area (Å²) in [5.74, 6) is -0.820. The summed E-state index contributed by atoms with van der Waals surface area (Å²) in [6.45, 7) is 4.63. The van der Waals surface area contributed by atoms with Crippen molar-refractivity contribution in [2.45, 2.75) is 18.7 Å². The maximum Gasteiger partial charge on any atom is 0.244 e. The molecule has 0 aliphatic carbocycles. The second kappa shape index (κ2) is 7.84. The van der Waals surface area contributed by atoms with E-state index in [-0.39, 0.29) is 29.4 Å². The summed E-state index contributed by atoms with van der Waals surface area (Å²) in [6, 6.07) is 5.91. The average molecular weight is 466 g/mol. The summed E-state index contributed by atoms with van der Waals surface area (Å²) >= 11 is 0. The summed E-state index contributed by atoms with van der Waals surface area (Å²) in [5.41, 5.74) is 0.547. The predicted molar refractivity (Wildman–Crippen MR) is 115 cm³/mol. The normalized spacial score (nSPS) is 22.1. The molecule has 31 heavy (non-hydrogen) atoms. The van der Waals surface area contributed by atoms with Crippen LogP contribution in [0.5, 0.6) is 0 Å². The molecule has 4 rings (SSSR count). The number of piperazine rings is 1. The maximum atomic E-state index is 13.2. The van der Waals surface area contributed by atoms with Crippen LogP contribution in [0.15, 0.2) is 41.6 Å². The van der Waals surface area contributed by atoms with Crippen molar-refractivity contribution in [3.63, 3.8) is 0 Å². The number of hydrogen-bond donors (Lipinski definition) is 0. The lowest BCUT2D eigenvalue weighted by Gasteiger charge is -2.34. The van der Waals surface area contributed by atoms with Crippen molar-refractivity contribution in [3.05, 3.63) is 42.2 Å². The van der Waals surface area contributed by atoms with Gasteiger partial charge in [0, 0.05) is 38.6 Å². The van der Waals surface area contributed by atoms with Crippen LogP contribution in [0.4, 0.5) is 11.6 Å². The van der Waals surface area contributed by atoms with Crippen LogP contribution in [-0.4, -0.2) is 68.9 Å². The molecule has 2 aliphatic rings. The fraction of sp³-hybridized carbons (Fsp3) is 0.421. The molecule has 2 saturated heterocycles. The molecule has 0 bridgehead atoms. The second-order valence-corrected chi connectivity index (χ2v) is 11.4. The maximum absolute atomic E-state index is 13.2. The number of hydrogen-bond acceptors (Lipinski definition) is 8. The van der Waals surface area contributed by atoms with Gasteiger partial charge in [-0.05, 0) is 36.8 Å². The Morgan fingerprint density at radius 3 is 2.26 bits per heavy atom. The van der Waals surface area contributed by atoms with E-state index in [0.29, 0.717) is 24.6 Å². The molecular formula is C19H23N5O5S2. The summed E-state index contributed by atoms with van der Waals surface area (Å²) in [7, 11) is -7.53. The Hall–Kier alpha value is -2.57. The van der Waals surface area contributed by atoms with E-state index in [1.54, 1.807) is 32.3 Å². The molecule has 2 aliphatic heterocycles. The first-order valence-corrected chi connectivity index (χ1v) is 12.9. The topological polar surface area (TPSA) is 121 Å². The second-order valence-electron chi connectivity index (χ2n) is 7.67. The molecule has 0 spiro atoms. The third-order valence-corrected chi connectivity index (χ3v) is 9.37. The first kappa shape index (κ1) is 21.7. The fourth-order valence-electron chi connectivity index (χ4n) is 3.86. The zero-order chi connectivity index (χ0) is 22.4. The number of amides is 1. The van der Waals surface area contributed by atoms with Gasteiger partial charge in [0.15, 0.2) is 0 Å². The van der Waals surface area contributed by atoms with Crippen molar-refractivity contribution in [1.82, 2.24) is 14.3 Å². The van der Waals surface area contributed by atoms with Crippen molar-refractivity contribution in [2.75, 3.05) is 41.1 Å². The van der Waals surface area contributed by atoms with E-state index in [2.05, 4.69) is 9.97 Å². The molecule has 12 heteroatoms. The van der Waals surface area contributed by atoms with Gasteiger partial charge in [-0.3, -0.25) is 4.79 Å². The lowest BCUT2D eigenvalue weighted by atomic mass is 10.2. The standard InChI is InChI=1S/C19H23N5O5S2/c1-14-12-16(24-18(25)15(2)13-30(24,26)27)4-5-17(14)31(28,29)23-10-8-22(9-11-23)19-20-6-3-7-21-19/h3-7,12,15H,8-11,13H2,1-2H3. The molecule has 1 unspecified atom stereocenters. The van der Waals surface area contributed by atoms with Gasteiger partial charge in [-0.15, -0.1) is 0 Å². The Morgan fingerprint density at radius 1 is 1.06 bits per heavy atom. The van der Waals surface area contributed by atoms with E-state index in [9.17, 15) is 21.6 Å². The lowest BCUT2D eigenvalue weighted by molar-refractivity contribution is -0.119. The van der Waals surface area contributed by atoms with E-state index in [0.717, 1.165) is 4.31 Å². The lowest BCUT2D eigenvalue weighted by Crippen LogP contribution is -2.49. The van der Waals surface area contributed by atoms with Crippen molar-refractivity contribution in [3.8, 4) is 0 Å². The van der Waals surface area contributed by atoms with Gasteiger partial charge in [-0.25, -0.2) is 31.1 Å². The van der Waals surface area contributed by atoms with Crippen molar-refractivity contribution in [1.29, 1.82) is 0 Å². The van der Waals surface area contributed by atoms with Crippen LogP contribution in [0.1, 0.15) is 12.5 Å². The van der Waals surface area contributed by atoms with Gasteiger partial charge >= 0.3 is 0 Å². The Labute approximate surface area is 181 Å². The van der Waals surface area contributed by atoms with Crippen LogP contribution in [0.2, 0.25) is 0 Å². The summed E-state index contributed by atoms with van der Waals surface area (Å²) in [6.07, 6.45) is 3.28. The van der Waals surface area contributed by atoms with Crippen LogP contribution < -0.4 is 9.21 Å². The third kappa shape index (κ3) is 3.90. The Morgan fingerprint density at radius 2 is 1.71 bits per heavy atom. The number of benzene rings is 1. The van der Waals surface area contributed by atoms with Gasteiger partial charge < -0.3 is 4.90 Å². The van der Waals surface area contributed by atoms with Gasteiger partial charge in [0.1, 0.15) is 0 Å². The number of carbonyl (C=O) groups excluding carboxylic acids is 1. The monoisotopic (exact) mass is 465 g/mol. The molecule has 10 nitrogen and oxygen atoms in total. The highest BCUT2D eigenvalue weighted by Crippen LogP contribution is 2.31. The number of sulfonamides is 2. The number of carbonyl (C=O) groups is 1. The molecule has 1 aromatic heterocycles. The van der Waals surface area contributed by atoms with Crippen LogP contribution in [-0.2, 0) is 24.8 Å². The third-order valence-electron chi connectivity index (χ3n) is 5.44. The minimum Gasteiger partial charge on any atom is -0.338 e. The zero-order valence-corrected chi connectivity index (χ0v) is 18.8. The van der Waals surface area contributed by atoms with Crippen LogP contribution in [0.3, 0.4) is 0 Å². The predicted octanol–water partition coefficient (Wildman–Crippen LogP) is 0.608. The Kier molecular flexibility index (Phi) is 5.48. The van der Waals surface area contributed by atoms with Gasteiger partial charge in [-0.2, -0.15) is 4.31 Å². The molecule has 1 atom stereocenters. The largest absolute Gasteiger partial charge is 0.338 e. The summed E-state index contributed by atoms with van der Waals surface area (Å²) in [5, 5.41) is 0. The van der Waals surface area contributed by atoms with Crippen molar-refractivity contribution < 1.29 is 21.6 Å². The van der Waals surface area contributed by atoms with Crippen LogP contribution in [0.25, 0.3) is 0 Å². The Bertz CT molecular complexity index is 1210.